The molecule has 0 heterocycles. The lowest BCUT2D eigenvalue weighted by molar-refractivity contribution is 0.477. The molecule has 0 bridgehead atoms. The molecule has 0 radical (unpaired) electrons. The molecular formula is C13H21F3. The fourth-order valence-electron chi connectivity index (χ4n) is 1.04. The maximum atomic E-state index is 13.0. The van der Waals surface area contributed by atoms with Crippen molar-refractivity contribution in [1.82, 2.24) is 0 Å². The van der Waals surface area contributed by atoms with Gasteiger partial charge in [0.05, 0.1) is 0 Å². The lowest BCUT2D eigenvalue weighted by Gasteiger charge is -2.07. The van der Waals surface area contributed by atoms with E-state index in [0.29, 0.717) is 0 Å². The van der Waals surface area contributed by atoms with Gasteiger partial charge in [0.1, 0.15) is 5.82 Å². The summed E-state index contributed by atoms with van der Waals surface area (Å²) >= 11 is 0. The van der Waals surface area contributed by atoms with Gasteiger partial charge in [0.15, 0.2) is 11.6 Å². The summed E-state index contributed by atoms with van der Waals surface area (Å²) < 4.78 is 38.7. The van der Waals surface area contributed by atoms with Crippen molar-refractivity contribution in [3.8, 4) is 0 Å². The Hall–Kier alpha value is -0.990. The Morgan fingerprint density at radius 1 is 0.500 bits per heavy atom. The highest BCUT2D eigenvalue weighted by molar-refractivity contribution is 5.33. The molecule has 0 nitrogen and oxygen atoms in total. The van der Waals surface area contributed by atoms with Gasteiger partial charge in [-0.1, -0.05) is 27.7 Å². The fourth-order valence-corrected chi connectivity index (χ4v) is 1.04. The van der Waals surface area contributed by atoms with Gasteiger partial charge in [-0.15, -0.1) is 0 Å². The number of rotatable bonds is 0. The molecule has 0 aliphatic carbocycles. The molecule has 1 rings (SSSR count). The first-order chi connectivity index (χ1) is 7.46. The van der Waals surface area contributed by atoms with Gasteiger partial charge in [0.25, 0.3) is 0 Å². The third kappa shape index (κ3) is 3.54. The van der Waals surface area contributed by atoms with E-state index in [9.17, 15) is 13.2 Å². The highest BCUT2D eigenvalue weighted by Crippen LogP contribution is 2.22. The standard InChI is InChI=1S/C9H9F3.2C2H6/c1-4-5(2)8(11)9(12)6(3)7(4)10;2*1-2/h1-3H3;2*1-2H3. The molecule has 0 amide bonds. The average Bonchev–Trinajstić information content (AvgIpc) is 2.36. The van der Waals surface area contributed by atoms with Crippen LogP contribution in [0.2, 0.25) is 0 Å². The summed E-state index contributed by atoms with van der Waals surface area (Å²) in [4.78, 5) is 0. The molecule has 0 N–H and O–H groups in total. The second kappa shape index (κ2) is 8.20. The minimum atomic E-state index is -1.09. The minimum absolute atomic E-state index is 0.0376. The molecule has 1 aromatic carbocycles. The molecule has 0 unspecified atom stereocenters. The Morgan fingerprint density at radius 3 is 1.12 bits per heavy atom. The third-order valence-electron chi connectivity index (χ3n) is 2.07. The van der Waals surface area contributed by atoms with E-state index in [1.54, 1.807) is 0 Å². The zero-order valence-corrected chi connectivity index (χ0v) is 11.1. The molecule has 0 aromatic heterocycles. The summed E-state index contributed by atoms with van der Waals surface area (Å²) in [6, 6.07) is 0. The Labute approximate surface area is 96.5 Å². The molecular weight excluding hydrogens is 213 g/mol. The topological polar surface area (TPSA) is 0 Å². The van der Waals surface area contributed by atoms with Gasteiger partial charge in [0.2, 0.25) is 0 Å². The predicted octanol–water partition coefficient (Wildman–Crippen LogP) is 5.08. The van der Waals surface area contributed by atoms with E-state index in [-0.39, 0.29) is 16.7 Å². The molecule has 1 aromatic rings. The third-order valence-corrected chi connectivity index (χ3v) is 2.07. The second-order valence-corrected chi connectivity index (χ2v) is 2.82. The van der Waals surface area contributed by atoms with Gasteiger partial charge in [-0.05, 0) is 31.9 Å². The van der Waals surface area contributed by atoms with E-state index in [4.69, 9.17) is 0 Å². The normalized spacial score (nSPS) is 8.62. The first kappa shape index (κ1) is 17.4. The molecule has 0 saturated carbocycles. The molecule has 0 saturated heterocycles. The zero-order chi connectivity index (χ0) is 13.5. The molecule has 0 aliphatic rings. The van der Waals surface area contributed by atoms with Gasteiger partial charge in [-0.2, -0.15) is 0 Å². The maximum Gasteiger partial charge on any atom is 0.164 e. The first-order valence-electron chi connectivity index (χ1n) is 5.57. The van der Waals surface area contributed by atoms with Crippen LogP contribution in [0.25, 0.3) is 0 Å². The van der Waals surface area contributed by atoms with Gasteiger partial charge in [-0.25, -0.2) is 13.2 Å². The van der Waals surface area contributed by atoms with E-state index in [0.717, 1.165) is 0 Å². The van der Waals surface area contributed by atoms with E-state index in [2.05, 4.69) is 0 Å². The summed E-state index contributed by atoms with van der Waals surface area (Å²) in [6.07, 6.45) is 0. The number of hydrogen-bond acceptors (Lipinski definition) is 0. The molecule has 16 heavy (non-hydrogen) atoms. The van der Waals surface area contributed by atoms with E-state index in [1.165, 1.54) is 20.8 Å². The second-order valence-electron chi connectivity index (χ2n) is 2.82. The summed E-state index contributed by atoms with van der Waals surface area (Å²) in [5, 5.41) is 0. The molecule has 3 heteroatoms. The van der Waals surface area contributed by atoms with E-state index < -0.39 is 17.5 Å². The van der Waals surface area contributed by atoms with Crippen LogP contribution in [0.15, 0.2) is 0 Å². The largest absolute Gasteiger partial charge is 0.206 e. The van der Waals surface area contributed by atoms with E-state index in [1.807, 2.05) is 27.7 Å². The van der Waals surface area contributed by atoms with Crippen molar-refractivity contribution in [2.24, 2.45) is 0 Å². The number of benzene rings is 1. The van der Waals surface area contributed by atoms with Crippen molar-refractivity contribution in [2.45, 2.75) is 48.5 Å². The van der Waals surface area contributed by atoms with Crippen LogP contribution in [-0.2, 0) is 0 Å². The Balaban J connectivity index is 0. The van der Waals surface area contributed by atoms with Crippen molar-refractivity contribution in [3.05, 3.63) is 34.1 Å². The Kier molecular flexibility index (Phi) is 8.92. The van der Waals surface area contributed by atoms with Crippen molar-refractivity contribution < 1.29 is 13.2 Å². The van der Waals surface area contributed by atoms with Gasteiger partial charge in [0, 0.05) is 5.56 Å². The van der Waals surface area contributed by atoms with Crippen LogP contribution in [0.4, 0.5) is 13.2 Å². The molecule has 94 valence electrons. The van der Waals surface area contributed by atoms with Crippen LogP contribution in [0.3, 0.4) is 0 Å². The average molecular weight is 234 g/mol. The highest BCUT2D eigenvalue weighted by atomic mass is 19.2. The lowest BCUT2D eigenvalue weighted by Crippen LogP contribution is -2.01. The van der Waals surface area contributed by atoms with Crippen LogP contribution in [-0.4, -0.2) is 0 Å². The fraction of sp³-hybridized carbons (Fsp3) is 0.538. The SMILES string of the molecule is CC.CC.Cc1c(C)c(F)c(F)c(C)c1F. The van der Waals surface area contributed by atoms with Crippen LogP contribution in [0.5, 0.6) is 0 Å². The number of halogens is 3. The van der Waals surface area contributed by atoms with Gasteiger partial charge < -0.3 is 0 Å². The van der Waals surface area contributed by atoms with Gasteiger partial charge >= 0.3 is 0 Å². The monoisotopic (exact) mass is 234 g/mol. The van der Waals surface area contributed by atoms with Crippen LogP contribution < -0.4 is 0 Å². The van der Waals surface area contributed by atoms with Gasteiger partial charge in [-0.3, -0.25) is 0 Å². The van der Waals surface area contributed by atoms with Crippen LogP contribution in [0, 0.1) is 38.2 Å². The quantitative estimate of drug-likeness (QED) is 0.549. The molecule has 0 aliphatic heterocycles. The van der Waals surface area contributed by atoms with Crippen molar-refractivity contribution in [1.29, 1.82) is 0 Å². The van der Waals surface area contributed by atoms with Crippen LogP contribution >= 0.6 is 0 Å². The van der Waals surface area contributed by atoms with Crippen LogP contribution in [0.1, 0.15) is 44.4 Å². The lowest BCUT2D eigenvalue weighted by atomic mass is 10.0. The van der Waals surface area contributed by atoms with Crippen molar-refractivity contribution in [2.75, 3.05) is 0 Å². The highest BCUT2D eigenvalue weighted by Gasteiger charge is 2.16. The maximum absolute atomic E-state index is 13.0. The Morgan fingerprint density at radius 2 is 0.750 bits per heavy atom. The summed E-state index contributed by atoms with van der Waals surface area (Å²) in [5.41, 5.74) is -0.0439. The number of hydrogen-bond donors (Lipinski definition) is 0. The molecule has 0 atom stereocenters. The predicted molar refractivity (Wildman–Crippen MR) is 63.2 cm³/mol. The van der Waals surface area contributed by atoms with Crippen molar-refractivity contribution >= 4 is 0 Å². The summed E-state index contributed by atoms with van der Waals surface area (Å²) in [7, 11) is 0. The molecule has 0 fully saturated rings. The smallest absolute Gasteiger partial charge is 0.164 e. The Bertz CT molecular complexity index is 225. The summed E-state index contributed by atoms with van der Waals surface area (Å²) in [5.74, 6) is -2.70. The first-order valence-corrected chi connectivity index (χ1v) is 5.57. The van der Waals surface area contributed by atoms with Crippen molar-refractivity contribution in [3.63, 3.8) is 0 Å². The minimum Gasteiger partial charge on any atom is -0.206 e. The zero-order valence-electron chi connectivity index (χ0n) is 11.1. The summed E-state index contributed by atoms with van der Waals surface area (Å²) in [6.45, 7) is 12.0. The van der Waals surface area contributed by atoms with E-state index >= 15 is 0 Å². The molecule has 0 spiro atoms.